The molecule has 0 saturated carbocycles. The Bertz CT molecular complexity index is 1070. The van der Waals surface area contributed by atoms with Gasteiger partial charge < -0.3 is 4.90 Å². The van der Waals surface area contributed by atoms with Gasteiger partial charge in [-0.3, -0.25) is 4.79 Å². The predicted molar refractivity (Wildman–Crippen MR) is 123 cm³/mol. The lowest BCUT2D eigenvalue weighted by Gasteiger charge is -2.17. The number of hydrogen-bond donors (Lipinski definition) is 1. The average molecular weight is 418 g/mol. The van der Waals surface area contributed by atoms with Crippen molar-refractivity contribution in [3.8, 4) is 0 Å². The number of nitrogens with zero attached hydrogens (tertiary/aromatic N) is 2. The van der Waals surface area contributed by atoms with E-state index in [1.807, 2.05) is 54.6 Å². The Labute approximate surface area is 182 Å². The minimum atomic E-state index is -0.210. The molecule has 0 saturated heterocycles. The van der Waals surface area contributed by atoms with E-state index in [1.54, 1.807) is 6.21 Å². The van der Waals surface area contributed by atoms with Crippen LogP contribution in [-0.4, -0.2) is 12.1 Å². The zero-order chi connectivity index (χ0) is 21.1. The summed E-state index contributed by atoms with van der Waals surface area (Å²) in [6.07, 6.45) is 1.66. The van der Waals surface area contributed by atoms with Gasteiger partial charge in [0.2, 0.25) is 0 Å². The van der Waals surface area contributed by atoms with Gasteiger partial charge in [0.25, 0.3) is 5.91 Å². The molecule has 1 aliphatic heterocycles. The molecule has 1 N–H and O–H groups in total. The van der Waals surface area contributed by atoms with Crippen LogP contribution in [0.3, 0.4) is 0 Å². The second-order valence-corrected chi connectivity index (χ2v) is 8.27. The van der Waals surface area contributed by atoms with Gasteiger partial charge in [0.15, 0.2) is 0 Å². The number of halogens is 1. The van der Waals surface area contributed by atoms with E-state index in [0.717, 1.165) is 34.9 Å². The molecular formula is C25H24ClN3O. The summed E-state index contributed by atoms with van der Waals surface area (Å²) in [5, 5.41) is 4.84. The number of fused-ring (bicyclic) bond motifs is 1. The van der Waals surface area contributed by atoms with Gasteiger partial charge >= 0.3 is 0 Å². The van der Waals surface area contributed by atoms with E-state index in [-0.39, 0.29) is 5.91 Å². The van der Waals surface area contributed by atoms with Gasteiger partial charge in [0.05, 0.1) is 6.21 Å². The van der Waals surface area contributed by atoms with E-state index < -0.39 is 0 Å². The fraction of sp³-hybridized carbons (Fsp3) is 0.200. The van der Waals surface area contributed by atoms with E-state index in [0.29, 0.717) is 11.5 Å². The highest BCUT2D eigenvalue weighted by molar-refractivity contribution is 6.30. The molecule has 0 spiro atoms. The molecule has 30 heavy (non-hydrogen) atoms. The Kier molecular flexibility index (Phi) is 5.86. The molecule has 4 rings (SSSR count). The number of carbonyl (C=O) groups is 1. The number of hydrazone groups is 1. The first-order valence-electron chi connectivity index (χ1n) is 10.1. The monoisotopic (exact) mass is 417 g/mol. The Morgan fingerprint density at radius 2 is 1.70 bits per heavy atom. The van der Waals surface area contributed by atoms with Crippen molar-refractivity contribution in [2.24, 2.45) is 5.10 Å². The maximum absolute atomic E-state index is 12.5. The Morgan fingerprint density at radius 3 is 2.40 bits per heavy atom. The molecule has 0 atom stereocenters. The first-order valence-corrected chi connectivity index (χ1v) is 10.4. The number of anilines is 1. The van der Waals surface area contributed by atoms with Crippen LogP contribution < -0.4 is 10.3 Å². The lowest BCUT2D eigenvalue weighted by molar-refractivity contribution is 0.0955. The summed E-state index contributed by atoms with van der Waals surface area (Å²) >= 11 is 5.99. The molecule has 0 fully saturated rings. The van der Waals surface area contributed by atoms with Crippen molar-refractivity contribution in [3.63, 3.8) is 0 Å². The quantitative estimate of drug-likeness (QED) is 0.424. The Morgan fingerprint density at radius 1 is 1.00 bits per heavy atom. The molecule has 1 aliphatic rings. The summed E-state index contributed by atoms with van der Waals surface area (Å²) in [4.78, 5) is 14.8. The smallest absolute Gasteiger partial charge is 0.271 e. The molecular weight excluding hydrogens is 394 g/mol. The molecule has 0 unspecified atom stereocenters. The molecule has 1 amide bonds. The zero-order valence-corrected chi connectivity index (χ0v) is 17.9. The number of amides is 1. The van der Waals surface area contributed by atoms with Gasteiger partial charge in [0.1, 0.15) is 0 Å². The maximum atomic E-state index is 12.5. The molecule has 4 nitrogen and oxygen atoms in total. The SMILES string of the molecule is CC(C)c1ccc(/C=N/NC(=O)c2ccc3c(c2)CN(c2ccc(Cl)cc2)C3)cc1. The van der Waals surface area contributed by atoms with Gasteiger partial charge in [0, 0.05) is 29.4 Å². The second-order valence-electron chi connectivity index (χ2n) is 7.84. The topological polar surface area (TPSA) is 44.7 Å². The van der Waals surface area contributed by atoms with Gasteiger partial charge in [-0.05, 0) is 64.6 Å². The fourth-order valence-corrected chi connectivity index (χ4v) is 3.69. The van der Waals surface area contributed by atoms with Crippen LogP contribution in [0.2, 0.25) is 5.02 Å². The summed E-state index contributed by atoms with van der Waals surface area (Å²) in [5.74, 6) is 0.281. The van der Waals surface area contributed by atoms with Crippen LogP contribution in [-0.2, 0) is 13.1 Å². The van der Waals surface area contributed by atoms with E-state index in [9.17, 15) is 4.79 Å². The summed E-state index contributed by atoms with van der Waals surface area (Å²) in [7, 11) is 0. The Hall–Kier alpha value is -3.11. The molecule has 3 aromatic rings. The third-order valence-electron chi connectivity index (χ3n) is 5.37. The summed E-state index contributed by atoms with van der Waals surface area (Å²) in [6, 6.07) is 21.8. The normalized spacial score (nSPS) is 13.1. The van der Waals surface area contributed by atoms with Crippen molar-refractivity contribution in [2.75, 3.05) is 4.90 Å². The van der Waals surface area contributed by atoms with E-state index in [4.69, 9.17) is 11.6 Å². The molecule has 0 bridgehead atoms. The molecule has 152 valence electrons. The van der Waals surface area contributed by atoms with Crippen molar-refractivity contribution in [1.29, 1.82) is 0 Å². The highest BCUT2D eigenvalue weighted by atomic mass is 35.5. The minimum Gasteiger partial charge on any atom is -0.363 e. The van der Waals surface area contributed by atoms with Gasteiger partial charge in [-0.2, -0.15) is 5.10 Å². The van der Waals surface area contributed by atoms with E-state index >= 15 is 0 Å². The highest BCUT2D eigenvalue weighted by Crippen LogP contribution is 2.29. The molecule has 3 aromatic carbocycles. The lowest BCUT2D eigenvalue weighted by atomic mass is 10.0. The van der Waals surface area contributed by atoms with Gasteiger partial charge in [-0.1, -0.05) is 55.8 Å². The maximum Gasteiger partial charge on any atom is 0.271 e. The molecule has 5 heteroatoms. The average Bonchev–Trinajstić information content (AvgIpc) is 3.18. The van der Waals surface area contributed by atoms with Crippen LogP contribution in [0.4, 0.5) is 5.69 Å². The standard InChI is InChI=1S/C25H24ClN3O/c1-17(2)19-5-3-18(4-6-19)14-27-28-25(30)20-7-8-21-15-29(16-22(21)13-20)24-11-9-23(26)10-12-24/h3-14,17H,15-16H2,1-2H3,(H,28,30)/b27-14+. The Balaban J connectivity index is 1.39. The number of rotatable bonds is 5. The van der Waals surface area contributed by atoms with Crippen LogP contribution >= 0.6 is 11.6 Å². The lowest BCUT2D eigenvalue weighted by Crippen LogP contribution is -2.18. The first kappa shape index (κ1) is 20.2. The molecule has 0 aliphatic carbocycles. The summed E-state index contributed by atoms with van der Waals surface area (Å²) in [6.45, 7) is 5.91. The summed E-state index contributed by atoms with van der Waals surface area (Å²) < 4.78 is 0. The third-order valence-corrected chi connectivity index (χ3v) is 5.62. The van der Waals surface area contributed by atoms with E-state index in [2.05, 4.69) is 41.4 Å². The largest absolute Gasteiger partial charge is 0.363 e. The third kappa shape index (κ3) is 4.55. The van der Waals surface area contributed by atoms with Crippen LogP contribution in [0.5, 0.6) is 0 Å². The van der Waals surface area contributed by atoms with Crippen LogP contribution in [0.15, 0.2) is 71.8 Å². The highest BCUT2D eigenvalue weighted by Gasteiger charge is 2.20. The minimum absolute atomic E-state index is 0.210. The van der Waals surface area contributed by atoms with E-state index in [1.165, 1.54) is 11.1 Å². The number of carbonyl (C=O) groups excluding carboxylic acids is 1. The second kappa shape index (κ2) is 8.72. The molecule has 0 radical (unpaired) electrons. The van der Waals surface area contributed by atoms with Crippen LogP contribution in [0.1, 0.15) is 52.4 Å². The van der Waals surface area contributed by atoms with Crippen LogP contribution in [0.25, 0.3) is 0 Å². The predicted octanol–water partition coefficient (Wildman–Crippen LogP) is 5.75. The van der Waals surface area contributed by atoms with Crippen molar-refractivity contribution >= 4 is 29.4 Å². The number of benzene rings is 3. The van der Waals surface area contributed by atoms with Gasteiger partial charge in [-0.25, -0.2) is 5.43 Å². The summed E-state index contributed by atoms with van der Waals surface area (Å²) in [5.41, 5.74) is 8.98. The number of nitrogens with one attached hydrogen (secondary N) is 1. The van der Waals surface area contributed by atoms with Crippen LogP contribution in [0, 0.1) is 0 Å². The number of hydrogen-bond acceptors (Lipinski definition) is 3. The molecule has 1 heterocycles. The van der Waals surface area contributed by atoms with Gasteiger partial charge in [-0.15, -0.1) is 0 Å². The first-order chi connectivity index (χ1) is 14.5. The zero-order valence-electron chi connectivity index (χ0n) is 17.1. The van der Waals surface area contributed by atoms with Crippen molar-refractivity contribution in [2.45, 2.75) is 32.9 Å². The van der Waals surface area contributed by atoms with Crippen molar-refractivity contribution in [1.82, 2.24) is 5.43 Å². The fourth-order valence-electron chi connectivity index (χ4n) is 3.57. The van der Waals surface area contributed by atoms with Crippen molar-refractivity contribution in [3.05, 3.63) is 99.6 Å². The van der Waals surface area contributed by atoms with Crippen molar-refractivity contribution < 1.29 is 4.79 Å². The molecule has 0 aromatic heterocycles.